The SMILES string of the molecule is CNS(=O)(=O)c1ccc(OCC(C)C)c(C(=O)N2CCN(c3ccc(C#N)c(F)c3)CC2)c1. The van der Waals surface area contributed by atoms with E-state index in [0.717, 1.165) is 0 Å². The summed E-state index contributed by atoms with van der Waals surface area (Å²) in [4.78, 5) is 16.9. The van der Waals surface area contributed by atoms with Crippen LogP contribution in [0, 0.1) is 23.1 Å². The maximum absolute atomic E-state index is 14.0. The third kappa shape index (κ3) is 5.61. The minimum Gasteiger partial charge on any atom is -0.492 e. The van der Waals surface area contributed by atoms with E-state index in [1.54, 1.807) is 17.0 Å². The Morgan fingerprint density at radius 2 is 1.88 bits per heavy atom. The molecule has 2 aromatic carbocycles. The number of hydrogen-bond acceptors (Lipinski definition) is 6. The molecule has 0 radical (unpaired) electrons. The zero-order valence-corrected chi connectivity index (χ0v) is 19.7. The zero-order valence-electron chi connectivity index (χ0n) is 18.8. The Hall–Kier alpha value is -3.16. The van der Waals surface area contributed by atoms with Crippen LogP contribution in [0.3, 0.4) is 0 Å². The van der Waals surface area contributed by atoms with E-state index >= 15 is 0 Å². The van der Waals surface area contributed by atoms with Gasteiger partial charge in [-0.1, -0.05) is 13.8 Å². The van der Waals surface area contributed by atoms with Gasteiger partial charge in [0, 0.05) is 31.9 Å². The maximum atomic E-state index is 14.0. The van der Waals surface area contributed by atoms with Crippen LogP contribution in [0.15, 0.2) is 41.3 Å². The average Bonchev–Trinajstić information content (AvgIpc) is 2.82. The number of benzene rings is 2. The Kier molecular flexibility index (Phi) is 7.56. The minimum absolute atomic E-state index is 0.0158. The lowest BCUT2D eigenvalue weighted by Gasteiger charge is -2.36. The number of amides is 1. The average molecular weight is 475 g/mol. The van der Waals surface area contributed by atoms with Crippen LogP contribution >= 0.6 is 0 Å². The fourth-order valence-corrected chi connectivity index (χ4v) is 4.23. The van der Waals surface area contributed by atoms with Crippen molar-refractivity contribution in [3.8, 4) is 11.8 Å². The van der Waals surface area contributed by atoms with E-state index in [1.807, 2.05) is 18.7 Å². The summed E-state index contributed by atoms with van der Waals surface area (Å²) < 4.78 is 46.6. The van der Waals surface area contributed by atoms with Gasteiger partial charge in [-0.3, -0.25) is 4.79 Å². The van der Waals surface area contributed by atoms with Gasteiger partial charge < -0.3 is 14.5 Å². The number of carbonyl (C=O) groups excluding carboxylic acids is 1. The molecule has 1 heterocycles. The van der Waals surface area contributed by atoms with Gasteiger partial charge in [-0.25, -0.2) is 17.5 Å². The van der Waals surface area contributed by atoms with E-state index in [0.29, 0.717) is 44.2 Å². The number of nitriles is 1. The van der Waals surface area contributed by atoms with Crippen LogP contribution in [0.4, 0.5) is 10.1 Å². The van der Waals surface area contributed by atoms with Crippen LogP contribution in [0.5, 0.6) is 5.75 Å². The normalized spacial score (nSPS) is 14.3. The number of piperazine rings is 1. The minimum atomic E-state index is -3.73. The first-order chi connectivity index (χ1) is 15.7. The summed E-state index contributed by atoms with van der Waals surface area (Å²) in [6, 6.07) is 10.5. The van der Waals surface area contributed by atoms with Crippen LogP contribution in [0.2, 0.25) is 0 Å². The third-order valence-electron chi connectivity index (χ3n) is 5.34. The van der Waals surface area contributed by atoms with Gasteiger partial charge in [-0.2, -0.15) is 5.26 Å². The van der Waals surface area contributed by atoms with Gasteiger partial charge in [0.05, 0.1) is 22.6 Å². The summed E-state index contributed by atoms with van der Waals surface area (Å²) in [6.45, 7) is 6.01. The fourth-order valence-electron chi connectivity index (χ4n) is 3.47. The Balaban J connectivity index is 1.80. The van der Waals surface area contributed by atoms with Crippen molar-refractivity contribution >= 4 is 21.6 Å². The van der Waals surface area contributed by atoms with E-state index in [9.17, 15) is 17.6 Å². The summed E-state index contributed by atoms with van der Waals surface area (Å²) in [6.07, 6.45) is 0. The maximum Gasteiger partial charge on any atom is 0.257 e. The number of rotatable bonds is 7. The van der Waals surface area contributed by atoms with Gasteiger partial charge in [0.1, 0.15) is 17.6 Å². The van der Waals surface area contributed by atoms with Crippen molar-refractivity contribution in [2.45, 2.75) is 18.7 Å². The lowest BCUT2D eigenvalue weighted by Crippen LogP contribution is -2.49. The second kappa shape index (κ2) is 10.2. The molecule has 1 amide bonds. The van der Waals surface area contributed by atoms with E-state index < -0.39 is 15.8 Å². The number of ether oxygens (including phenoxy) is 1. The number of sulfonamides is 1. The second-order valence-corrected chi connectivity index (χ2v) is 10.0. The predicted octanol–water partition coefficient (Wildman–Crippen LogP) is 2.60. The topological polar surface area (TPSA) is 103 Å². The number of anilines is 1. The number of nitrogens with one attached hydrogen (secondary N) is 1. The molecule has 0 unspecified atom stereocenters. The molecule has 10 heteroatoms. The molecule has 0 saturated carbocycles. The van der Waals surface area contributed by atoms with E-state index in [2.05, 4.69) is 4.72 Å². The lowest BCUT2D eigenvalue weighted by molar-refractivity contribution is 0.0741. The Bertz CT molecular complexity index is 1170. The highest BCUT2D eigenvalue weighted by atomic mass is 32.2. The number of carbonyl (C=O) groups is 1. The molecular formula is C23H27FN4O4S. The third-order valence-corrected chi connectivity index (χ3v) is 6.75. The molecule has 0 bridgehead atoms. The van der Waals surface area contributed by atoms with E-state index in [4.69, 9.17) is 10.00 Å². The summed E-state index contributed by atoms with van der Waals surface area (Å²) >= 11 is 0. The van der Waals surface area contributed by atoms with Crippen molar-refractivity contribution < 1.29 is 22.3 Å². The van der Waals surface area contributed by atoms with Crippen LogP contribution < -0.4 is 14.4 Å². The van der Waals surface area contributed by atoms with Crippen molar-refractivity contribution in [3.63, 3.8) is 0 Å². The molecule has 3 rings (SSSR count). The van der Waals surface area contributed by atoms with Gasteiger partial charge >= 0.3 is 0 Å². The van der Waals surface area contributed by atoms with Crippen molar-refractivity contribution in [1.29, 1.82) is 5.26 Å². The standard InChI is InChI=1S/C23H27FN4O4S/c1-16(2)15-32-22-7-6-19(33(30,31)26-3)13-20(22)23(29)28-10-8-27(9-11-28)18-5-4-17(14-25)21(24)12-18/h4-7,12-13,16,26H,8-11,15H2,1-3H3. The van der Waals surface area contributed by atoms with Crippen molar-refractivity contribution in [2.24, 2.45) is 5.92 Å². The Morgan fingerprint density at radius 1 is 1.18 bits per heavy atom. The molecule has 0 aromatic heterocycles. The number of nitrogens with zero attached hydrogens (tertiary/aromatic N) is 3. The van der Waals surface area contributed by atoms with Crippen LogP contribution in [0.1, 0.15) is 29.8 Å². The largest absolute Gasteiger partial charge is 0.492 e. The van der Waals surface area contributed by atoms with E-state index in [1.165, 1.54) is 37.4 Å². The van der Waals surface area contributed by atoms with Crippen LogP contribution in [0.25, 0.3) is 0 Å². The number of hydrogen-bond donors (Lipinski definition) is 1. The Morgan fingerprint density at radius 3 is 2.45 bits per heavy atom. The highest BCUT2D eigenvalue weighted by Crippen LogP contribution is 2.26. The van der Waals surface area contributed by atoms with Crippen molar-refractivity contribution in [3.05, 3.63) is 53.3 Å². The molecule has 0 spiro atoms. The highest BCUT2D eigenvalue weighted by Gasteiger charge is 2.27. The molecule has 33 heavy (non-hydrogen) atoms. The van der Waals surface area contributed by atoms with Gasteiger partial charge in [-0.05, 0) is 49.4 Å². The fraction of sp³-hybridized carbons (Fsp3) is 0.391. The Labute approximate surface area is 193 Å². The van der Waals surface area contributed by atoms with Gasteiger partial charge in [0.15, 0.2) is 0 Å². The molecule has 1 N–H and O–H groups in total. The van der Waals surface area contributed by atoms with Gasteiger partial charge in [-0.15, -0.1) is 0 Å². The van der Waals surface area contributed by atoms with Crippen LogP contribution in [-0.4, -0.2) is 59.1 Å². The van der Waals surface area contributed by atoms with Gasteiger partial charge in [0.2, 0.25) is 10.0 Å². The molecular weight excluding hydrogens is 447 g/mol. The monoisotopic (exact) mass is 474 g/mol. The predicted molar refractivity (Wildman–Crippen MR) is 122 cm³/mol. The summed E-state index contributed by atoms with van der Waals surface area (Å²) in [7, 11) is -2.42. The zero-order chi connectivity index (χ0) is 24.2. The summed E-state index contributed by atoms with van der Waals surface area (Å²) in [5.74, 6) is -0.346. The second-order valence-electron chi connectivity index (χ2n) is 8.13. The molecule has 1 aliphatic rings. The molecule has 1 aliphatic heterocycles. The molecule has 176 valence electrons. The summed E-state index contributed by atoms with van der Waals surface area (Å²) in [5, 5.41) is 8.90. The quantitative estimate of drug-likeness (QED) is 0.662. The molecule has 0 aliphatic carbocycles. The molecule has 0 atom stereocenters. The van der Waals surface area contributed by atoms with Crippen molar-refractivity contribution in [2.75, 3.05) is 44.7 Å². The first-order valence-corrected chi connectivity index (χ1v) is 12.1. The molecule has 1 fully saturated rings. The smallest absolute Gasteiger partial charge is 0.257 e. The van der Waals surface area contributed by atoms with E-state index in [-0.39, 0.29) is 27.8 Å². The van der Waals surface area contributed by atoms with Crippen molar-refractivity contribution in [1.82, 2.24) is 9.62 Å². The summed E-state index contributed by atoms with van der Waals surface area (Å²) in [5.41, 5.74) is 0.810. The molecule has 1 saturated heterocycles. The number of halogens is 1. The first kappa shape index (κ1) is 24.5. The molecule has 2 aromatic rings. The first-order valence-electron chi connectivity index (χ1n) is 10.6. The van der Waals surface area contributed by atoms with Gasteiger partial charge in [0.25, 0.3) is 5.91 Å². The van der Waals surface area contributed by atoms with Crippen LogP contribution in [-0.2, 0) is 10.0 Å². The molecule has 8 nitrogen and oxygen atoms in total. The highest BCUT2D eigenvalue weighted by molar-refractivity contribution is 7.89. The lowest BCUT2D eigenvalue weighted by atomic mass is 10.1.